The summed E-state index contributed by atoms with van der Waals surface area (Å²) in [4.78, 5) is 19.0. The van der Waals surface area contributed by atoms with Gasteiger partial charge in [-0.15, -0.1) is 0 Å². The van der Waals surface area contributed by atoms with E-state index in [-0.39, 0.29) is 5.91 Å². The number of imidazole rings is 1. The van der Waals surface area contributed by atoms with Gasteiger partial charge >= 0.3 is 0 Å². The summed E-state index contributed by atoms with van der Waals surface area (Å²) < 4.78 is 13.4. The van der Waals surface area contributed by atoms with Crippen molar-refractivity contribution in [2.75, 3.05) is 13.7 Å². The third kappa shape index (κ3) is 4.79. The molecular weight excluding hydrogens is 390 g/mol. The number of benzene rings is 2. The van der Waals surface area contributed by atoms with Crippen LogP contribution in [0.4, 0.5) is 0 Å². The van der Waals surface area contributed by atoms with E-state index in [4.69, 9.17) is 14.1 Å². The smallest absolute Gasteiger partial charge is 0.289 e. The summed E-state index contributed by atoms with van der Waals surface area (Å²) in [5.41, 5.74) is 4.37. The van der Waals surface area contributed by atoms with Crippen LogP contribution in [0.1, 0.15) is 33.9 Å². The zero-order chi connectivity index (χ0) is 21.8. The van der Waals surface area contributed by atoms with Crippen LogP contribution >= 0.6 is 0 Å². The highest BCUT2D eigenvalue weighted by atomic mass is 16.5. The molecule has 31 heavy (non-hydrogen) atoms. The fourth-order valence-corrected chi connectivity index (χ4v) is 3.80. The lowest BCUT2D eigenvalue weighted by atomic mass is 10.1. The molecule has 0 radical (unpaired) electrons. The summed E-state index contributed by atoms with van der Waals surface area (Å²) in [6.45, 7) is 5.90. The first-order chi connectivity index (χ1) is 15.0. The molecule has 0 aliphatic carbocycles. The van der Waals surface area contributed by atoms with Gasteiger partial charge in [-0.1, -0.05) is 18.2 Å². The highest BCUT2D eigenvalue weighted by Gasteiger charge is 2.18. The lowest BCUT2D eigenvalue weighted by Gasteiger charge is -2.17. The average molecular weight is 418 g/mol. The van der Waals surface area contributed by atoms with Crippen LogP contribution in [0.2, 0.25) is 0 Å². The van der Waals surface area contributed by atoms with Crippen LogP contribution in [-0.4, -0.2) is 34.0 Å². The molecule has 0 saturated heterocycles. The van der Waals surface area contributed by atoms with Crippen molar-refractivity contribution in [3.05, 3.63) is 83.6 Å². The minimum absolute atomic E-state index is 0.165. The summed E-state index contributed by atoms with van der Waals surface area (Å²) in [5.74, 6) is 1.90. The van der Waals surface area contributed by atoms with Crippen molar-refractivity contribution in [1.82, 2.24) is 14.5 Å². The summed E-state index contributed by atoms with van der Waals surface area (Å²) in [7, 11) is 1.76. The number of carbonyl (C=O) groups is 1. The maximum Gasteiger partial charge on any atom is 0.289 e. The molecule has 0 unspecified atom stereocenters. The van der Waals surface area contributed by atoms with E-state index in [0.717, 1.165) is 35.6 Å². The van der Waals surface area contributed by atoms with Crippen LogP contribution in [0.3, 0.4) is 0 Å². The molecule has 2 heterocycles. The molecule has 160 valence electrons. The van der Waals surface area contributed by atoms with Crippen LogP contribution < -0.4 is 4.74 Å². The van der Waals surface area contributed by atoms with Crippen molar-refractivity contribution >= 4 is 16.9 Å². The van der Waals surface area contributed by atoms with Crippen molar-refractivity contribution in [3.63, 3.8) is 0 Å². The number of para-hydroxylation sites is 2. The lowest BCUT2D eigenvalue weighted by molar-refractivity contribution is 0.0748. The molecule has 2 aromatic carbocycles. The van der Waals surface area contributed by atoms with Crippen LogP contribution in [0, 0.1) is 13.8 Å². The predicted molar refractivity (Wildman–Crippen MR) is 120 cm³/mol. The molecule has 4 rings (SSSR count). The quantitative estimate of drug-likeness (QED) is 0.379. The maximum atomic E-state index is 12.6. The van der Waals surface area contributed by atoms with E-state index < -0.39 is 0 Å². The number of aromatic nitrogens is 2. The largest absolute Gasteiger partial charge is 0.494 e. The maximum absolute atomic E-state index is 12.6. The van der Waals surface area contributed by atoms with E-state index in [1.165, 1.54) is 17.4 Å². The summed E-state index contributed by atoms with van der Waals surface area (Å²) in [6, 6.07) is 17.7. The molecule has 0 bridgehead atoms. The van der Waals surface area contributed by atoms with Gasteiger partial charge in [0.05, 0.1) is 30.4 Å². The van der Waals surface area contributed by atoms with E-state index >= 15 is 0 Å². The van der Waals surface area contributed by atoms with E-state index in [0.29, 0.717) is 18.9 Å². The Morgan fingerprint density at radius 1 is 1.10 bits per heavy atom. The van der Waals surface area contributed by atoms with Gasteiger partial charge in [0.2, 0.25) is 0 Å². The number of fused-ring (bicyclic) bond motifs is 1. The minimum Gasteiger partial charge on any atom is -0.494 e. The molecule has 0 atom stereocenters. The van der Waals surface area contributed by atoms with E-state index in [2.05, 4.69) is 42.7 Å². The number of rotatable bonds is 8. The van der Waals surface area contributed by atoms with E-state index in [1.54, 1.807) is 24.1 Å². The van der Waals surface area contributed by atoms with Gasteiger partial charge in [-0.3, -0.25) is 4.79 Å². The molecule has 6 heteroatoms. The standard InChI is InChI=1S/C25H27N3O3/c1-18-14-19(2)16-20(15-18)30-13-7-11-28-22-9-5-4-8-21(22)26-24(28)17-27(3)25(29)23-10-6-12-31-23/h4-6,8-10,12,14-16H,7,11,13,17H2,1-3H3. The lowest BCUT2D eigenvalue weighted by Crippen LogP contribution is -2.27. The van der Waals surface area contributed by atoms with Gasteiger partial charge in [-0.05, 0) is 67.8 Å². The van der Waals surface area contributed by atoms with Crippen molar-refractivity contribution in [1.29, 1.82) is 0 Å². The highest BCUT2D eigenvalue weighted by molar-refractivity contribution is 5.91. The first-order valence-corrected chi connectivity index (χ1v) is 10.5. The highest BCUT2D eigenvalue weighted by Crippen LogP contribution is 2.20. The molecule has 0 saturated carbocycles. The fourth-order valence-electron chi connectivity index (χ4n) is 3.80. The number of hydrogen-bond acceptors (Lipinski definition) is 4. The van der Waals surface area contributed by atoms with Crippen LogP contribution in [-0.2, 0) is 13.1 Å². The number of amides is 1. The molecule has 1 amide bonds. The van der Waals surface area contributed by atoms with Gasteiger partial charge in [-0.25, -0.2) is 4.98 Å². The second-order valence-electron chi connectivity index (χ2n) is 7.83. The zero-order valence-corrected chi connectivity index (χ0v) is 18.2. The molecule has 6 nitrogen and oxygen atoms in total. The van der Waals surface area contributed by atoms with Gasteiger partial charge < -0.3 is 18.6 Å². The average Bonchev–Trinajstić information content (AvgIpc) is 3.38. The zero-order valence-electron chi connectivity index (χ0n) is 18.2. The second-order valence-corrected chi connectivity index (χ2v) is 7.83. The van der Waals surface area contributed by atoms with Crippen LogP contribution in [0.25, 0.3) is 11.0 Å². The van der Waals surface area contributed by atoms with Gasteiger partial charge in [-0.2, -0.15) is 0 Å². The Morgan fingerprint density at radius 3 is 2.61 bits per heavy atom. The number of furan rings is 1. The number of nitrogens with zero attached hydrogens (tertiary/aromatic N) is 3. The van der Waals surface area contributed by atoms with Crippen molar-refractivity contribution < 1.29 is 13.9 Å². The van der Waals surface area contributed by atoms with Crippen molar-refractivity contribution in [3.8, 4) is 5.75 Å². The van der Waals surface area contributed by atoms with Crippen molar-refractivity contribution in [2.45, 2.75) is 33.4 Å². The van der Waals surface area contributed by atoms with Gasteiger partial charge in [0, 0.05) is 13.6 Å². The van der Waals surface area contributed by atoms with Gasteiger partial charge in [0.15, 0.2) is 5.76 Å². The normalized spacial score (nSPS) is 11.1. The molecular formula is C25H27N3O3. The first kappa shape index (κ1) is 20.7. The van der Waals surface area contributed by atoms with Crippen LogP contribution in [0.15, 0.2) is 65.3 Å². The number of carbonyl (C=O) groups excluding carboxylic acids is 1. The van der Waals surface area contributed by atoms with E-state index in [9.17, 15) is 4.79 Å². The monoisotopic (exact) mass is 417 g/mol. The number of ether oxygens (including phenoxy) is 1. The Morgan fingerprint density at radius 2 is 1.87 bits per heavy atom. The Bertz CT molecular complexity index is 1160. The minimum atomic E-state index is -0.165. The van der Waals surface area contributed by atoms with Gasteiger partial charge in [0.25, 0.3) is 5.91 Å². The molecule has 0 spiro atoms. The third-order valence-electron chi connectivity index (χ3n) is 5.18. The number of hydrogen-bond donors (Lipinski definition) is 0. The molecule has 2 aromatic heterocycles. The topological polar surface area (TPSA) is 60.5 Å². The van der Waals surface area contributed by atoms with Crippen LogP contribution in [0.5, 0.6) is 5.75 Å². The summed E-state index contributed by atoms with van der Waals surface area (Å²) in [5, 5.41) is 0. The SMILES string of the molecule is Cc1cc(C)cc(OCCCn2c(CN(C)C(=O)c3ccco3)nc3ccccc32)c1. The molecule has 0 fully saturated rings. The fraction of sp³-hybridized carbons (Fsp3) is 0.280. The Kier molecular flexibility index (Phi) is 6.07. The molecule has 4 aromatic rings. The predicted octanol–water partition coefficient (Wildman–Crippen LogP) is 4.99. The second kappa shape index (κ2) is 9.08. The number of aryl methyl sites for hydroxylation is 3. The Balaban J connectivity index is 1.46. The first-order valence-electron chi connectivity index (χ1n) is 10.5. The van der Waals surface area contributed by atoms with Crippen molar-refractivity contribution in [2.24, 2.45) is 0 Å². The summed E-state index contributed by atoms with van der Waals surface area (Å²) >= 11 is 0. The molecule has 0 N–H and O–H groups in total. The van der Waals surface area contributed by atoms with Gasteiger partial charge in [0.1, 0.15) is 11.6 Å². The Hall–Kier alpha value is -3.54. The van der Waals surface area contributed by atoms with E-state index in [1.807, 2.05) is 18.2 Å². The summed E-state index contributed by atoms with van der Waals surface area (Å²) in [6.07, 6.45) is 2.34. The Labute approximate surface area is 182 Å². The molecule has 0 aliphatic rings. The third-order valence-corrected chi connectivity index (χ3v) is 5.18. The molecule has 0 aliphatic heterocycles.